The molecule has 0 aliphatic carbocycles. The molecule has 1 amide bonds. The molecule has 0 bridgehead atoms. The molecule has 3 rings (SSSR count). The number of carbonyl (C=O) groups is 1. The minimum Gasteiger partial charge on any atom is -0.497 e. The summed E-state index contributed by atoms with van der Waals surface area (Å²) in [5, 5.41) is 0. The van der Waals surface area contributed by atoms with Crippen molar-refractivity contribution in [2.24, 2.45) is 0 Å². The first-order valence-electron chi connectivity index (χ1n) is 9.16. The Labute approximate surface area is 155 Å². The minimum absolute atomic E-state index is 0.0750. The number of carbonyl (C=O) groups excluding carboxylic acids is 1. The fourth-order valence-electron chi connectivity index (χ4n) is 3.49. The van der Waals surface area contributed by atoms with Crippen molar-refractivity contribution in [2.75, 3.05) is 46.4 Å². The van der Waals surface area contributed by atoms with Crippen LogP contribution in [0.15, 0.2) is 24.3 Å². The van der Waals surface area contributed by atoms with E-state index in [1.807, 2.05) is 24.3 Å². The van der Waals surface area contributed by atoms with E-state index < -0.39 is 10.2 Å². The van der Waals surface area contributed by atoms with Gasteiger partial charge in [-0.25, -0.2) is 0 Å². The Bertz CT molecular complexity index is 724. The van der Waals surface area contributed by atoms with Crippen LogP contribution in [0.3, 0.4) is 0 Å². The Morgan fingerprint density at radius 3 is 2.35 bits per heavy atom. The first kappa shape index (κ1) is 19.1. The van der Waals surface area contributed by atoms with Gasteiger partial charge in [0.1, 0.15) is 5.75 Å². The Kier molecular flexibility index (Phi) is 6.16. The largest absolute Gasteiger partial charge is 0.497 e. The van der Waals surface area contributed by atoms with Crippen LogP contribution in [0.5, 0.6) is 5.75 Å². The molecule has 0 atom stereocenters. The van der Waals surface area contributed by atoms with Gasteiger partial charge in [0.05, 0.1) is 7.11 Å². The van der Waals surface area contributed by atoms with Gasteiger partial charge in [0.2, 0.25) is 5.91 Å². The summed E-state index contributed by atoms with van der Waals surface area (Å²) in [6.07, 6.45) is 2.94. The lowest BCUT2D eigenvalue weighted by molar-refractivity contribution is -0.132. The van der Waals surface area contributed by atoms with Crippen LogP contribution in [0.4, 0.5) is 0 Å². The maximum atomic E-state index is 12.6. The fourth-order valence-corrected chi connectivity index (χ4v) is 5.16. The molecule has 144 valence electrons. The van der Waals surface area contributed by atoms with Crippen LogP contribution in [0.25, 0.3) is 0 Å². The third kappa shape index (κ3) is 4.36. The van der Waals surface area contributed by atoms with Crippen LogP contribution < -0.4 is 4.74 Å². The van der Waals surface area contributed by atoms with Crippen molar-refractivity contribution < 1.29 is 17.9 Å². The van der Waals surface area contributed by atoms with Crippen molar-refractivity contribution in [3.63, 3.8) is 0 Å². The van der Waals surface area contributed by atoms with E-state index in [4.69, 9.17) is 4.74 Å². The molecule has 8 heteroatoms. The van der Waals surface area contributed by atoms with E-state index in [0.29, 0.717) is 52.1 Å². The van der Waals surface area contributed by atoms with Crippen LogP contribution in [-0.2, 0) is 21.4 Å². The number of ether oxygens (including phenoxy) is 1. The zero-order valence-electron chi connectivity index (χ0n) is 15.3. The summed E-state index contributed by atoms with van der Waals surface area (Å²) in [5.74, 6) is 0.863. The summed E-state index contributed by atoms with van der Waals surface area (Å²) in [7, 11) is -1.73. The highest BCUT2D eigenvalue weighted by Gasteiger charge is 2.34. The molecule has 2 aliphatic rings. The molecule has 0 radical (unpaired) electrons. The molecule has 2 fully saturated rings. The van der Waals surface area contributed by atoms with Crippen molar-refractivity contribution in [1.82, 2.24) is 13.5 Å². The third-order valence-corrected chi connectivity index (χ3v) is 7.11. The molecule has 26 heavy (non-hydrogen) atoms. The highest BCUT2D eigenvalue weighted by Crippen LogP contribution is 2.19. The monoisotopic (exact) mass is 381 g/mol. The summed E-state index contributed by atoms with van der Waals surface area (Å²) in [5.41, 5.74) is 1.06. The Morgan fingerprint density at radius 2 is 1.69 bits per heavy atom. The highest BCUT2D eigenvalue weighted by atomic mass is 32.2. The number of hydrogen-bond donors (Lipinski definition) is 0. The Balaban J connectivity index is 1.49. The number of aryl methyl sites for hydroxylation is 1. The maximum Gasteiger partial charge on any atom is 0.282 e. The van der Waals surface area contributed by atoms with Crippen LogP contribution in [0.1, 0.15) is 24.8 Å². The predicted octanol–water partition coefficient (Wildman–Crippen LogP) is 1.11. The standard InChI is InChI=1S/C18H27N3O4S/c1-25-17-6-4-5-16(15-17)7-8-18(22)19-11-13-21(14-12-19)26(23,24)20-9-2-3-10-20/h4-6,15H,2-3,7-14H2,1H3. The van der Waals surface area contributed by atoms with Gasteiger partial charge in [0, 0.05) is 45.7 Å². The molecule has 0 unspecified atom stereocenters. The molecule has 0 saturated carbocycles. The lowest BCUT2D eigenvalue weighted by Gasteiger charge is -2.35. The average Bonchev–Trinajstić information content (AvgIpc) is 3.22. The molecular formula is C18H27N3O4S. The number of hydrogen-bond acceptors (Lipinski definition) is 4. The first-order valence-corrected chi connectivity index (χ1v) is 10.6. The topological polar surface area (TPSA) is 70.2 Å². The molecule has 7 nitrogen and oxygen atoms in total. The van der Waals surface area contributed by atoms with Crippen LogP contribution in [0, 0.1) is 0 Å². The SMILES string of the molecule is COc1cccc(CCC(=O)N2CCN(S(=O)(=O)N3CCCC3)CC2)c1. The number of methoxy groups -OCH3 is 1. The van der Waals surface area contributed by atoms with Crippen molar-refractivity contribution in [1.29, 1.82) is 0 Å². The average molecular weight is 381 g/mol. The number of benzene rings is 1. The molecule has 1 aromatic carbocycles. The van der Waals surface area contributed by atoms with Gasteiger partial charge in [-0.15, -0.1) is 0 Å². The van der Waals surface area contributed by atoms with Crippen LogP contribution >= 0.6 is 0 Å². The summed E-state index contributed by atoms with van der Waals surface area (Å²) >= 11 is 0. The van der Waals surface area contributed by atoms with Gasteiger partial charge in [0.15, 0.2) is 0 Å². The van der Waals surface area contributed by atoms with E-state index in [0.717, 1.165) is 24.2 Å². The lowest BCUT2D eigenvalue weighted by atomic mass is 10.1. The highest BCUT2D eigenvalue weighted by molar-refractivity contribution is 7.86. The molecule has 2 heterocycles. The summed E-state index contributed by atoms with van der Waals surface area (Å²) in [4.78, 5) is 14.2. The third-order valence-electron chi connectivity index (χ3n) is 5.07. The van der Waals surface area contributed by atoms with Crippen molar-refractivity contribution in [3.8, 4) is 5.75 Å². The second-order valence-corrected chi connectivity index (χ2v) is 8.67. The lowest BCUT2D eigenvalue weighted by Crippen LogP contribution is -2.53. The smallest absolute Gasteiger partial charge is 0.282 e. The first-order chi connectivity index (χ1) is 12.5. The van der Waals surface area contributed by atoms with Gasteiger partial charge in [-0.1, -0.05) is 12.1 Å². The van der Waals surface area contributed by atoms with Gasteiger partial charge in [-0.2, -0.15) is 17.0 Å². The van der Waals surface area contributed by atoms with E-state index >= 15 is 0 Å². The van der Waals surface area contributed by atoms with E-state index in [9.17, 15) is 13.2 Å². The molecule has 2 saturated heterocycles. The molecule has 0 aromatic heterocycles. The van der Waals surface area contributed by atoms with Crippen LogP contribution in [0.2, 0.25) is 0 Å². The number of piperazine rings is 1. The normalized spacial score (nSPS) is 19.7. The molecule has 1 aromatic rings. The van der Waals surface area contributed by atoms with Gasteiger partial charge >= 0.3 is 0 Å². The van der Waals surface area contributed by atoms with Crippen molar-refractivity contribution in [2.45, 2.75) is 25.7 Å². The maximum absolute atomic E-state index is 12.6. The zero-order chi connectivity index (χ0) is 18.6. The Morgan fingerprint density at radius 1 is 1.04 bits per heavy atom. The van der Waals surface area contributed by atoms with E-state index in [-0.39, 0.29) is 5.91 Å². The number of nitrogens with zero attached hydrogens (tertiary/aromatic N) is 3. The fraction of sp³-hybridized carbons (Fsp3) is 0.611. The quantitative estimate of drug-likeness (QED) is 0.740. The Hall–Kier alpha value is -1.64. The number of amides is 1. The van der Waals surface area contributed by atoms with E-state index in [1.54, 1.807) is 16.3 Å². The summed E-state index contributed by atoms with van der Waals surface area (Å²) < 4.78 is 33.4. The van der Waals surface area contributed by atoms with Crippen molar-refractivity contribution in [3.05, 3.63) is 29.8 Å². The van der Waals surface area contributed by atoms with E-state index in [2.05, 4.69) is 0 Å². The molecular weight excluding hydrogens is 354 g/mol. The van der Waals surface area contributed by atoms with Crippen LogP contribution in [-0.4, -0.2) is 74.2 Å². The zero-order valence-corrected chi connectivity index (χ0v) is 16.1. The summed E-state index contributed by atoms with van der Waals surface area (Å²) in [6, 6.07) is 7.72. The van der Waals surface area contributed by atoms with E-state index in [1.165, 1.54) is 4.31 Å². The summed E-state index contributed by atoms with van der Waals surface area (Å²) in [6.45, 7) is 2.91. The minimum atomic E-state index is -3.36. The second kappa shape index (κ2) is 8.37. The van der Waals surface area contributed by atoms with Gasteiger partial charge in [-0.05, 0) is 37.0 Å². The van der Waals surface area contributed by atoms with Gasteiger partial charge < -0.3 is 9.64 Å². The molecule has 0 N–H and O–H groups in total. The van der Waals surface area contributed by atoms with Crippen molar-refractivity contribution >= 4 is 16.1 Å². The van der Waals surface area contributed by atoms with Gasteiger partial charge in [0.25, 0.3) is 10.2 Å². The van der Waals surface area contributed by atoms with Gasteiger partial charge in [-0.3, -0.25) is 4.79 Å². The molecule has 2 aliphatic heterocycles. The predicted molar refractivity (Wildman–Crippen MR) is 99.2 cm³/mol. The molecule has 0 spiro atoms. The second-order valence-electron chi connectivity index (χ2n) is 6.75. The number of rotatable bonds is 6.